The molecule has 3 rings (SSSR count). The van der Waals surface area contributed by atoms with Crippen molar-refractivity contribution in [2.75, 3.05) is 12.4 Å². The molecule has 1 aromatic carbocycles. The molecule has 7 nitrogen and oxygen atoms in total. The first-order valence-corrected chi connectivity index (χ1v) is 8.20. The molecule has 0 aliphatic carbocycles. The van der Waals surface area contributed by atoms with Gasteiger partial charge in [-0.3, -0.25) is 14.3 Å². The summed E-state index contributed by atoms with van der Waals surface area (Å²) in [6, 6.07) is 9.29. The molecule has 0 radical (unpaired) electrons. The minimum atomic E-state index is -0.706. The van der Waals surface area contributed by atoms with E-state index in [1.54, 1.807) is 24.8 Å². The number of aromatic nitrogens is 2. The SMILES string of the molecule is Cc1cc(NC(=O)C(=O)N(C)[C@H](C)[C@@H]2Cc3ccccc3O2)nn1C. The number of benzene rings is 1. The third kappa shape index (κ3) is 3.35. The molecule has 0 fully saturated rings. The van der Waals surface area contributed by atoms with Crippen LogP contribution in [-0.2, 0) is 23.1 Å². The van der Waals surface area contributed by atoms with Crippen molar-refractivity contribution in [3.05, 3.63) is 41.6 Å². The number of nitrogens with zero attached hydrogens (tertiary/aromatic N) is 3. The Balaban J connectivity index is 1.62. The fraction of sp³-hybridized carbons (Fsp3) is 0.389. The van der Waals surface area contributed by atoms with Gasteiger partial charge in [0, 0.05) is 32.3 Å². The monoisotopic (exact) mass is 342 g/mol. The second-order valence-corrected chi connectivity index (χ2v) is 6.37. The van der Waals surface area contributed by atoms with E-state index in [9.17, 15) is 9.59 Å². The number of nitrogens with one attached hydrogen (secondary N) is 1. The molecule has 0 saturated heterocycles. The van der Waals surface area contributed by atoms with Crippen molar-refractivity contribution < 1.29 is 14.3 Å². The lowest BCUT2D eigenvalue weighted by Crippen LogP contribution is -2.48. The van der Waals surface area contributed by atoms with Crippen LogP contribution in [0.1, 0.15) is 18.2 Å². The maximum Gasteiger partial charge on any atom is 0.315 e. The zero-order valence-electron chi connectivity index (χ0n) is 14.8. The van der Waals surface area contributed by atoms with Crippen molar-refractivity contribution in [1.82, 2.24) is 14.7 Å². The average molecular weight is 342 g/mol. The number of aryl methyl sites for hydroxylation is 2. The molecular formula is C18H22N4O3. The summed E-state index contributed by atoms with van der Waals surface area (Å²) < 4.78 is 7.55. The number of carbonyl (C=O) groups is 2. The van der Waals surface area contributed by atoms with Gasteiger partial charge in [0.2, 0.25) is 0 Å². The molecule has 1 aliphatic heterocycles. The second kappa shape index (κ2) is 6.58. The molecule has 2 heterocycles. The maximum atomic E-state index is 12.4. The van der Waals surface area contributed by atoms with Gasteiger partial charge in [-0.15, -0.1) is 0 Å². The number of carbonyl (C=O) groups excluding carboxylic acids is 2. The Bertz CT molecular complexity index is 770. The van der Waals surface area contributed by atoms with Crippen LogP contribution in [0.5, 0.6) is 5.75 Å². The summed E-state index contributed by atoms with van der Waals surface area (Å²) in [5.74, 6) is -0.115. The van der Waals surface area contributed by atoms with Crippen LogP contribution >= 0.6 is 0 Å². The quantitative estimate of drug-likeness (QED) is 0.858. The topological polar surface area (TPSA) is 76.5 Å². The fourth-order valence-corrected chi connectivity index (χ4v) is 2.86. The van der Waals surface area contributed by atoms with Crippen molar-refractivity contribution in [2.24, 2.45) is 7.05 Å². The van der Waals surface area contributed by atoms with Gasteiger partial charge in [-0.05, 0) is 25.5 Å². The standard InChI is InChI=1S/C18H22N4O3/c1-11-9-16(20-22(11)4)19-17(23)18(24)21(3)12(2)15-10-13-7-5-6-8-14(13)25-15/h5-9,12,15H,10H2,1-4H3,(H,19,20,23)/t12-,15+/m1/s1. The van der Waals surface area contributed by atoms with E-state index in [4.69, 9.17) is 4.74 Å². The zero-order valence-corrected chi connectivity index (χ0v) is 14.8. The van der Waals surface area contributed by atoms with Gasteiger partial charge < -0.3 is 15.0 Å². The third-order valence-corrected chi connectivity index (χ3v) is 4.69. The van der Waals surface area contributed by atoms with E-state index >= 15 is 0 Å². The van der Waals surface area contributed by atoms with Crippen molar-refractivity contribution in [1.29, 1.82) is 0 Å². The highest BCUT2D eigenvalue weighted by Crippen LogP contribution is 2.30. The number of ether oxygens (including phenoxy) is 1. The van der Waals surface area contributed by atoms with Crippen molar-refractivity contribution in [3.63, 3.8) is 0 Å². The van der Waals surface area contributed by atoms with Gasteiger partial charge in [-0.25, -0.2) is 0 Å². The molecule has 7 heteroatoms. The molecule has 0 bridgehead atoms. The van der Waals surface area contributed by atoms with Crippen molar-refractivity contribution >= 4 is 17.6 Å². The van der Waals surface area contributed by atoms with E-state index in [1.807, 2.05) is 38.1 Å². The lowest BCUT2D eigenvalue weighted by Gasteiger charge is -2.28. The average Bonchev–Trinajstić information content (AvgIpc) is 3.16. The summed E-state index contributed by atoms with van der Waals surface area (Å²) in [4.78, 5) is 26.1. The fourth-order valence-electron chi connectivity index (χ4n) is 2.86. The first kappa shape index (κ1) is 17.0. The van der Waals surface area contributed by atoms with Crippen LogP contribution in [0.4, 0.5) is 5.82 Å². The Morgan fingerprint density at radius 3 is 2.76 bits per heavy atom. The number of anilines is 1. The summed E-state index contributed by atoms with van der Waals surface area (Å²) >= 11 is 0. The van der Waals surface area contributed by atoms with Gasteiger partial charge in [0.05, 0.1) is 6.04 Å². The number of hydrogen-bond acceptors (Lipinski definition) is 4. The van der Waals surface area contributed by atoms with Crippen LogP contribution in [0.15, 0.2) is 30.3 Å². The number of rotatable bonds is 3. The van der Waals surface area contributed by atoms with E-state index in [2.05, 4.69) is 10.4 Å². The third-order valence-electron chi connectivity index (χ3n) is 4.69. The Labute approximate surface area is 146 Å². The Morgan fingerprint density at radius 2 is 2.12 bits per heavy atom. The van der Waals surface area contributed by atoms with Gasteiger partial charge in [-0.2, -0.15) is 5.10 Å². The number of hydrogen-bond donors (Lipinski definition) is 1. The van der Waals surface area contributed by atoms with Crippen LogP contribution in [0.3, 0.4) is 0 Å². The summed E-state index contributed by atoms with van der Waals surface area (Å²) in [5.41, 5.74) is 2.01. The predicted molar refractivity (Wildman–Crippen MR) is 93.4 cm³/mol. The minimum Gasteiger partial charge on any atom is -0.488 e. The number of amides is 2. The lowest BCUT2D eigenvalue weighted by atomic mass is 10.0. The normalized spacial score (nSPS) is 16.7. The van der Waals surface area contributed by atoms with Crippen LogP contribution in [-0.4, -0.2) is 45.7 Å². The molecule has 132 valence electrons. The summed E-state index contributed by atoms with van der Waals surface area (Å²) in [7, 11) is 3.39. The number of likely N-dealkylation sites (N-methyl/N-ethyl adjacent to an activating group) is 1. The molecule has 0 unspecified atom stereocenters. The van der Waals surface area contributed by atoms with Crippen molar-refractivity contribution in [3.8, 4) is 5.75 Å². The van der Waals surface area contributed by atoms with Gasteiger partial charge in [0.15, 0.2) is 5.82 Å². The molecular weight excluding hydrogens is 320 g/mol. The highest BCUT2D eigenvalue weighted by molar-refractivity contribution is 6.39. The minimum absolute atomic E-state index is 0.170. The molecule has 1 aromatic heterocycles. The van der Waals surface area contributed by atoms with Crippen molar-refractivity contribution in [2.45, 2.75) is 32.4 Å². The van der Waals surface area contributed by atoms with Crippen LogP contribution < -0.4 is 10.1 Å². The first-order valence-electron chi connectivity index (χ1n) is 8.20. The summed E-state index contributed by atoms with van der Waals surface area (Å²) in [5, 5.41) is 6.67. The van der Waals surface area contributed by atoms with E-state index < -0.39 is 11.8 Å². The molecule has 1 N–H and O–H groups in total. The molecule has 2 aromatic rings. The lowest BCUT2D eigenvalue weighted by molar-refractivity contribution is -0.144. The van der Waals surface area contributed by atoms with Gasteiger partial charge in [0.1, 0.15) is 11.9 Å². The van der Waals surface area contributed by atoms with Gasteiger partial charge >= 0.3 is 11.8 Å². The second-order valence-electron chi connectivity index (χ2n) is 6.37. The highest BCUT2D eigenvalue weighted by Gasteiger charge is 2.33. The maximum absolute atomic E-state index is 12.4. The molecule has 2 amide bonds. The molecule has 0 saturated carbocycles. The van der Waals surface area contributed by atoms with E-state index in [0.717, 1.165) is 23.4 Å². The smallest absolute Gasteiger partial charge is 0.315 e. The Hall–Kier alpha value is -2.83. The van der Waals surface area contributed by atoms with Crippen LogP contribution in [0.25, 0.3) is 0 Å². The number of para-hydroxylation sites is 1. The van der Waals surface area contributed by atoms with Gasteiger partial charge in [-0.1, -0.05) is 18.2 Å². The van der Waals surface area contributed by atoms with E-state index in [0.29, 0.717) is 5.82 Å². The van der Waals surface area contributed by atoms with Crippen LogP contribution in [0.2, 0.25) is 0 Å². The Kier molecular flexibility index (Phi) is 4.48. The predicted octanol–water partition coefficient (Wildman–Crippen LogP) is 1.52. The zero-order chi connectivity index (χ0) is 18.1. The molecule has 1 aliphatic rings. The van der Waals surface area contributed by atoms with Crippen LogP contribution in [0, 0.1) is 6.92 Å². The largest absolute Gasteiger partial charge is 0.488 e. The molecule has 2 atom stereocenters. The van der Waals surface area contributed by atoms with E-state index in [-0.39, 0.29) is 12.1 Å². The summed E-state index contributed by atoms with van der Waals surface area (Å²) in [6.45, 7) is 3.75. The number of fused-ring (bicyclic) bond motifs is 1. The Morgan fingerprint density at radius 1 is 1.40 bits per heavy atom. The summed E-state index contributed by atoms with van der Waals surface area (Å²) in [6.07, 6.45) is 0.548. The molecule has 25 heavy (non-hydrogen) atoms. The van der Waals surface area contributed by atoms with E-state index in [1.165, 1.54) is 4.90 Å². The first-order chi connectivity index (χ1) is 11.9. The van der Waals surface area contributed by atoms with Gasteiger partial charge in [0.25, 0.3) is 0 Å². The highest BCUT2D eigenvalue weighted by atomic mass is 16.5. The molecule has 0 spiro atoms.